The lowest BCUT2D eigenvalue weighted by Gasteiger charge is -2.11. The first-order valence-electron chi connectivity index (χ1n) is 6.57. The van der Waals surface area contributed by atoms with Crippen LogP contribution >= 0.6 is 15.9 Å². The predicted octanol–water partition coefficient (Wildman–Crippen LogP) is 3.46. The number of hydrogen-bond donors (Lipinski definition) is 2. The average Bonchev–Trinajstić information content (AvgIpc) is 2.52. The molecule has 0 bridgehead atoms. The van der Waals surface area contributed by atoms with Crippen molar-refractivity contribution in [1.29, 1.82) is 0 Å². The fourth-order valence-corrected chi connectivity index (χ4v) is 2.33. The van der Waals surface area contributed by atoms with Gasteiger partial charge in [-0.2, -0.15) is 0 Å². The summed E-state index contributed by atoms with van der Waals surface area (Å²) in [4.78, 5) is 11.8. The van der Waals surface area contributed by atoms with Gasteiger partial charge in [-0.3, -0.25) is 0 Å². The first-order chi connectivity index (χ1) is 10.2. The Morgan fingerprint density at radius 3 is 2.24 bits per heavy atom. The number of ether oxygens (including phenoxy) is 1. The number of nitrogens with one attached hydrogen (secondary N) is 2. The summed E-state index contributed by atoms with van der Waals surface area (Å²) in [7, 11) is 1.62. The summed E-state index contributed by atoms with van der Waals surface area (Å²) >= 11 is 3.45. The van der Waals surface area contributed by atoms with E-state index in [1.807, 2.05) is 48.5 Å². The molecule has 0 fully saturated rings. The lowest BCUT2D eigenvalue weighted by atomic mass is 10.2. The fraction of sp³-hybridized carbons (Fsp3) is 0.188. The summed E-state index contributed by atoms with van der Waals surface area (Å²) < 4.78 is 6.23. The molecule has 21 heavy (non-hydrogen) atoms. The van der Waals surface area contributed by atoms with Crippen LogP contribution in [0.1, 0.15) is 11.1 Å². The molecule has 5 heteroatoms. The molecule has 0 aliphatic heterocycles. The van der Waals surface area contributed by atoms with Gasteiger partial charge in [-0.1, -0.05) is 52.3 Å². The minimum Gasteiger partial charge on any atom is -0.496 e. The maximum atomic E-state index is 11.8. The van der Waals surface area contributed by atoms with E-state index in [-0.39, 0.29) is 6.03 Å². The maximum absolute atomic E-state index is 11.8. The van der Waals surface area contributed by atoms with Gasteiger partial charge in [0.15, 0.2) is 0 Å². The topological polar surface area (TPSA) is 50.4 Å². The lowest BCUT2D eigenvalue weighted by molar-refractivity contribution is 0.240. The second-order valence-corrected chi connectivity index (χ2v) is 5.29. The highest BCUT2D eigenvalue weighted by atomic mass is 79.9. The van der Waals surface area contributed by atoms with Crippen molar-refractivity contribution in [3.8, 4) is 5.75 Å². The molecule has 4 nitrogen and oxygen atoms in total. The molecule has 0 heterocycles. The zero-order chi connectivity index (χ0) is 15.1. The van der Waals surface area contributed by atoms with Crippen LogP contribution in [0.4, 0.5) is 4.79 Å². The van der Waals surface area contributed by atoms with E-state index in [2.05, 4.69) is 26.6 Å². The SMILES string of the molecule is COc1ccccc1CNC(=O)NCc1ccccc1Br. The van der Waals surface area contributed by atoms with Crippen molar-refractivity contribution in [3.63, 3.8) is 0 Å². The van der Waals surface area contributed by atoms with Crippen LogP contribution in [-0.4, -0.2) is 13.1 Å². The number of carbonyl (C=O) groups excluding carboxylic acids is 1. The van der Waals surface area contributed by atoms with Crippen molar-refractivity contribution in [2.24, 2.45) is 0 Å². The number of rotatable bonds is 5. The second kappa shape index (κ2) is 7.69. The molecule has 0 radical (unpaired) electrons. The average molecular weight is 349 g/mol. The van der Waals surface area contributed by atoms with Crippen molar-refractivity contribution in [2.45, 2.75) is 13.1 Å². The van der Waals surface area contributed by atoms with Crippen LogP contribution in [-0.2, 0) is 13.1 Å². The van der Waals surface area contributed by atoms with Crippen LogP contribution in [0.5, 0.6) is 5.75 Å². The van der Waals surface area contributed by atoms with E-state index in [1.54, 1.807) is 7.11 Å². The Morgan fingerprint density at radius 1 is 1.00 bits per heavy atom. The Morgan fingerprint density at radius 2 is 1.57 bits per heavy atom. The van der Waals surface area contributed by atoms with E-state index in [0.29, 0.717) is 13.1 Å². The Hall–Kier alpha value is -2.01. The van der Waals surface area contributed by atoms with E-state index < -0.39 is 0 Å². The van der Waals surface area contributed by atoms with Gasteiger partial charge < -0.3 is 15.4 Å². The van der Waals surface area contributed by atoms with Crippen molar-refractivity contribution in [3.05, 3.63) is 64.1 Å². The fourth-order valence-electron chi connectivity index (χ4n) is 1.90. The van der Waals surface area contributed by atoms with Gasteiger partial charge in [0.25, 0.3) is 0 Å². The number of hydrogen-bond acceptors (Lipinski definition) is 2. The van der Waals surface area contributed by atoms with Crippen LogP contribution in [0.15, 0.2) is 53.0 Å². The molecule has 0 saturated heterocycles. The van der Waals surface area contributed by atoms with Crippen LogP contribution in [0, 0.1) is 0 Å². The molecule has 0 saturated carbocycles. The summed E-state index contributed by atoms with van der Waals surface area (Å²) in [5, 5.41) is 5.64. The summed E-state index contributed by atoms with van der Waals surface area (Å²) in [5.41, 5.74) is 1.97. The molecule has 0 atom stereocenters. The quantitative estimate of drug-likeness (QED) is 0.869. The van der Waals surface area contributed by atoms with Gasteiger partial charge in [0.1, 0.15) is 5.75 Å². The van der Waals surface area contributed by atoms with Gasteiger partial charge in [0.2, 0.25) is 0 Å². The normalized spacial score (nSPS) is 10.0. The molecule has 2 rings (SSSR count). The Kier molecular flexibility index (Phi) is 5.63. The molecule has 2 aromatic rings. The summed E-state index contributed by atoms with van der Waals surface area (Å²) in [6.07, 6.45) is 0. The van der Waals surface area contributed by atoms with Crippen LogP contribution in [0.25, 0.3) is 0 Å². The third-order valence-corrected chi connectivity index (χ3v) is 3.80. The zero-order valence-electron chi connectivity index (χ0n) is 11.7. The van der Waals surface area contributed by atoms with Gasteiger partial charge >= 0.3 is 6.03 Å². The molecule has 0 aromatic heterocycles. The van der Waals surface area contributed by atoms with E-state index in [0.717, 1.165) is 21.3 Å². The highest BCUT2D eigenvalue weighted by Gasteiger charge is 2.05. The highest BCUT2D eigenvalue weighted by Crippen LogP contribution is 2.17. The molecular weight excluding hydrogens is 332 g/mol. The van der Waals surface area contributed by atoms with E-state index in [9.17, 15) is 4.79 Å². The second-order valence-electron chi connectivity index (χ2n) is 4.44. The number of amides is 2. The third-order valence-electron chi connectivity index (χ3n) is 3.03. The molecular formula is C16H17BrN2O2. The first kappa shape index (κ1) is 15.4. The van der Waals surface area contributed by atoms with E-state index in [1.165, 1.54) is 0 Å². The molecule has 0 aliphatic carbocycles. The maximum Gasteiger partial charge on any atom is 0.315 e. The number of halogens is 1. The smallest absolute Gasteiger partial charge is 0.315 e. The molecule has 110 valence electrons. The van der Waals surface area contributed by atoms with Crippen molar-refractivity contribution >= 4 is 22.0 Å². The van der Waals surface area contributed by atoms with Crippen molar-refractivity contribution in [2.75, 3.05) is 7.11 Å². The van der Waals surface area contributed by atoms with Gasteiger partial charge in [0.05, 0.1) is 7.11 Å². The van der Waals surface area contributed by atoms with Crippen LogP contribution < -0.4 is 15.4 Å². The largest absolute Gasteiger partial charge is 0.496 e. The van der Waals surface area contributed by atoms with E-state index in [4.69, 9.17) is 4.74 Å². The minimum atomic E-state index is -0.211. The first-order valence-corrected chi connectivity index (χ1v) is 7.37. The Balaban J connectivity index is 1.84. The molecule has 2 aromatic carbocycles. The predicted molar refractivity (Wildman–Crippen MR) is 86.2 cm³/mol. The van der Waals surface area contributed by atoms with Gasteiger partial charge in [-0.25, -0.2) is 4.79 Å². The molecule has 2 amide bonds. The Labute approximate surface area is 132 Å². The number of methoxy groups -OCH3 is 1. The lowest BCUT2D eigenvalue weighted by Crippen LogP contribution is -2.34. The molecule has 0 spiro atoms. The summed E-state index contributed by atoms with van der Waals surface area (Å²) in [6, 6.07) is 15.2. The minimum absolute atomic E-state index is 0.211. The summed E-state index contributed by atoms with van der Waals surface area (Å²) in [6.45, 7) is 0.894. The van der Waals surface area contributed by atoms with E-state index >= 15 is 0 Å². The Bertz CT molecular complexity index is 617. The standard InChI is InChI=1S/C16H17BrN2O2/c1-21-15-9-5-3-7-13(15)11-19-16(20)18-10-12-6-2-4-8-14(12)17/h2-9H,10-11H2,1H3,(H2,18,19,20). The van der Waals surface area contributed by atoms with Crippen molar-refractivity contribution in [1.82, 2.24) is 10.6 Å². The number of urea groups is 1. The monoisotopic (exact) mass is 348 g/mol. The van der Waals surface area contributed by atoms with Crippen molar-refractivity contribution < 1.29 is 9.53 Å². The number of benzene rings is 2. The van der Waals surface area contributed by atoms with Crippen LogP contribution in [0.2, 0.25) is 0 Å². The zero-order valence-corrected chi connectivity index (χ0v) is 13.3. The van der Waals surface area contributed by atoms with Gasteiger partial charge in [0, 0.05) is 23.1 Å². The highest BCUT2D eigenvalue weighted by molar-refractivity contribution is 9.10. The molecule has 2 N–H and O–H groups in total. The number of para-hydroxylation sites is 1. The van der Waals surface area contributed by atoms with Gasteiger partial charge in [-0.05, 0) is 17.7 Å². The summed E-state index contributed by atoms with van der Waals surface area (Å²) in [5.74, 6) is 0.767. The third kappa shape index (κ3) is 4.49. The molecule has 0 aliphatic rings. The number of carbonyl (C=O) groups is 1. The molecule has 0 unspecified atom stereocenters. The van der Waals surface area contributed by atoms with Crippen LogP contribution in [0.3, 0.4) is 0 Å². The van der Waals surface area contributed by atoms with Gasteiger partial charge in [-0.15, -0.1) is 0 Å².